The minimum Gasteiger partial charge on any atom is -0.494 e. The summed E-state index contributed by atoms with van der Waals surface area (Å²) in [6.45, 7) is 4.08. The maximum absolute atomic E-state index is 12.7. The summed E-state index contributed by atoms with van der Waals surface area (Å²) in [5.41, 5.74) is 1.72. The summed E-state index contributed by atoms with van der Waals surface area (Å²) < 4.78 is 11.1. The monoisotopic (exact) mass is 287 g/mol. The lowest BCUT2D eigenvalue weighted by Crippen LogP contribution is -2.25. The van der Waals surface area contributed by atoms with E-state index < -0.39 is 0 Å². The molecule has 1 fully saturated rings. The molecule has 4 nitrogen and oxygen atoms in total. The van der Waals surface area contributed by atoms with Gasteiger partial charge in [-0.15, -0.1) is 0 Å². The number of ketones is 1. The van der Waals surface area contributed by atoms with Crippen LogP contribution in [0.3, 0.4) is 0 Å². The van der Waals surface area contributed by atoms with E-state index in [1.165, 1.54) is 0 Å². The summed E-state index contributed by atoms with van der Waals surface area (Å²) >= 11 is 0. The predicted octanol–water partition coefficient (Wildman–Crippen LogP) is 3.57. The zero-order chi connectivity index (χ0) is 14.7. The van der Waals surface area contributed by atoms with E-state index in [1.807, 2.05) is 24.4 Å². The maximum Gasteiger partial charge on any atom is 0.170 e. The van der Waals surface area contributed by atoms with Crippen molar-refractivity contribution in [3.63, 3.8) is 0 Å². The summed E-state index contributed by atoms with van der Waals surface area (Å²) in [4.78, 5) is 15.8. The number of hydrogen-bond acceptors (Lipinski definition) is 3. The number of ether oxygens (including phenoxy) is 2. The minimum atomic E-state index is -0.0158. The van der Waals surface area contributed by atoms with Crippen LogP contribution in [0.25, 0.3) is 10.9 Å². The highest BCUT2D eigenvalue weighted by Crippen LogP contribution is 2.27. The van der Waals surface area contributed by atoms with Crippen molar-refractivity contribution in [3.05, 3.63) is 30.0 Å². The lowest BCUT2D eigenvalue weighted by molar-refractivity contribution is 0.0462. The van der Waals surface area contributed by atoms with E-state index in [-0.39, 0.29) is 11.7 Å². The number of aromatic nitrogens is 1. The fraction of sp³-hybridized carbons (Fsp3) is 0.471. The van der Waals surface area contributed by atoms with Gasteiger partial charge in [0, 0.05) is 35.2 Å². The molecule has 1 atom stereocenters. The maximum atomic E-state index is 12.7. The van der Waals surface area contributed by atoms with Gasteiger partial charge in [0.05, 0.1) is 13.2 Å². The van der Waals surface area contributed by atoms with Crippen LogP contribution in [0.1, 0.15) is 36.5 Å². The molecule has 1 saturated heterocycles. The molecule has 4 heteroatoms. The van der Waals surface area contributed by atoms with Gasteiger partial charge in [-0.1, -0.05) is 6.92 Å². The summed E-state index contributed by atoms with van der Waals surface area (Å²) in [6, 6.07) is 5.86. The Bertz CT molecular complexity index is 626. The lowest BCUT2D eigenvalue weighted by Gasteiger charge is -2.20. The van der Waals surface area contributed by atoms with Crippen molar-refractivity contribution in [2.75, 3.05) is 19.8 Å². The Hall–Kier alpha value is -1.81. The van der Waals surface area contributed by atoms with Gasteiger partial charge < -0.3 is 14.5 Å². The van der Waals surface area contributed by atoms with Crippen LogP contribution in [0.2, 0.25) is 0 Å². The molecule has 2 aromatic rings. The largest absolute Gasteiger partial charge is 0.494 e. The first kappa shape index (κ1) is 14.1. The van der Waals surface area contributed by atoms with Gasteiger partial charge in [0.15, 0.2) is 5.78 Å². The Kier molecular flexibility index (Phi) is 4.25. The van der Waals surface area contributed by atoms with Crippen LogP contribution in [0.15, 0.2) is 24.4 Å². The molecule has 21 heavy (non-hydrogen) atoms. The van der Waals surface area contributed by atoms with Crippen LogP contribution >= 0.6 is 0 Å². The van der Waals surface area contributed by atoms with Crippen molar-refractivity contribution in [3.8, 4) is 5.75 Å². The van der Waals surface area contributed by atoms with Crippen molar-refractivity contribution in [1.29, 1.82) is 0 Å². The lowest BCUT2D eigenvalue weighted by atomic mass is 9.92. The molecule has 0 aliphatic carbocycles. The molecule has 1 aliphatic rings. The molecule has 1 unspecified atom stereocenters. The summed E-state index contributed by atoms with van der Waals surface area (Å²) in [6.07, 6.45) is 4.66. The van der Waals surface area contributed by atoms with E-state index in [0.29, 0.717) is 13.2 Å². The van der Waals surface area contributed by atoms with Gasteiger partial charge in [-0.05, 0) is 37.5 Å². The standard InChI is InChI=1S/C17H21NO3/c1-2-7-21-13-5-6-16-14(9-13)15(10-18-16)17(19)12-4-3-8-20-11-12/h5-6,9-10,12,18H,2-4,7-8,11H2,1H3. The van der Waals surface area contributed by atoms with E-state index >= 15 is 0 Å². The fourth-order valence-electron chi connectivity index (χ4n) is 2.78. The van der Waals surface area contributed by atoms with Gasteiger partial charge in [0.1, 0.15) is 5.75 Å². The first-order valence-electron chi connectivity index (χ1n) is 7.65. The fourth-order valence-corrected chi connectivity index (χ4v) is 2.78. The Labute approximate surface area is 124 Å². The SMILES string of the molecule is CCCOc1ccc2[nH]cc(C(=O)C3CCCOC3)c2c1. The molecule has 0 spiro atoms. The van der Waals surface area contributed by atoms with Gasteiger partial charge in [0.2, 0.25) is 0 Å². The van der Waals surface area contributed by atoms with Gasteiger partial charge in [0.25, 0.3) is 0 Å². The number of carbonyl (C=O) groups is 1. The van der Waals surface area contributed by atoms with E-state index in [0.717, 1.165) is 48.1 Å². The van der Waals surface area contributed by atoms with E-state index in [2.05, 4.69) is 11.9 Å². The van der Waals surface area contributed by atoms with Crippen LogP contribution < -0.4 is 4.74 Å². The van der Waals surface area contributed by atoms with Crippen molar-refractivity contribution < 1.29 is 14.3 Å². The minimum absolute atomic E-state index is 0.0158. The van der Waals surface area contributed by atoms with Crippen molar-refractivity contribution >= 4 is 16.7 Å². The van der Waals surface area contributed by atoms with Crippen molar-refractivity contribution in [2.24, 2.45) is 5.92 Å². The van der Waals surface area contributed by atoms with Gasteiger partial charge in [-0.25, -0.2) is 0 Å². The second-order valence-corrected chi connectivity index (χ2v) is 5.54. The van der Waals surface area contributed by atoms with Gasteiger partial charge >= 0.3 is 0 Å². The third-order valence-corrected chi connectivity index (χ3v) is 3.92. The Morgan fingerprint density at radius 2 is 2.38 bits per heavy atom. The Morgan fingerprint density at radius 3 is 3.14 bits per heavy atom. The molecule has 0 amide bonds. The number of benzene rings is 1. The molecule has 1 aromatic heterocycles. The Morgan fingerprint density at radius 1 is 1.48 bits per heavy atom. The van der Waals surface area contributed by atoms with E-state index in [9.17, 15) is 4.79 Å². The summed E-state index contributed by atoms with van der Waals surface area (Å²) in [5, 5.41) is 0.944. The van der Waals surface area contributed by atoms with Crippen molar-refractivity contribution in [2.45, 2.75) is 26.2 Å². The first-order valence-corrected chi connectivity index (χ1v) is 7.65. The normalized spacial score (nSPS) is 18.8. The third kappa shape index (κ3) is 2.95. The van der Waals surface area contributed by atoms with Gasteiger partial charge in [-0.2, -0.15) is 0 Å². The van der Waals surface area contributed by atoms with Crippen molar-refractivity contribution in [1.82, 2.24) is 4.98 Å². The first-order chi connectivity index (χ1) is 10.3. The molecule has 112 valence electrons. The number of H-pyrrole nitrogens is 1. The third-order valence-electron chi connectivity index (χ3n) is 3.92. The Balaban J connectivity index is 1.88. The average Bonchev–Trinajstić information content (AvgIpc) is 2.96. The molecule has 1 N–H and O–H groups in total. The van der Waals surface area contributed by atoms with Crippen LogP contribution in [-0.4, -0.2) is 30.6 Å². The van der Waals surface area contributed by atoms with E-state index in [4.69, 9.17) is 9.47 Å². The zero-order valence-corrected chi connectivity index (χ0v) is 12.4. The van der Waals surface area contributed by atoms with E-state index in [1.54, 1.807) is 0 Å². The molecule has 2 heterocycles. The molecular weight excluding hydrogens is 266 g/mol. The summed E-state index contributed by atoms with van der Waals surface area (Å²) in [7, 11) is 0. The number of Topliss-reactive ketones (excluding diaryl/α,β-unsaturated/α-hetero) is 1. The van der Waals surface area contributed by atoms with Crippen LogP contribution in [-0.2, 0) is 4.74 Å². The molecule has 0 radical (unpaired) electrons. The predicted molar refractivity (Wildman–Crippen MR) is 82.0 cm³/mol. The highest BCUT2D eigenvalue weighted by Gasteiger charge is 2.25. The smallest absolute Gasteiger partial charge is 0.170 e. The van der Waals surface area contributed by atoms with Crippen LogP contribution in [0.4, 0.5) is 0 Å². The second-order valence-electron chi connectivity index (χ2n) is 5.54. The number of carbonyl (C=O) groups excluding carboxylic acids is 1. The average molecular weight is 287 g/mol. The number of rotatable bonds is 5. The zero-order valence-electron chi connectivity index (χ0n) is 12.4. The number of hydrogen-bond donors (Lipinski definition) is 1. The number of nitrogens with one attached hydrogen (secondary N) is 1. The number of aromatic amines is 1. The molecule has 3 rings (SSSR count). The summed E-state index contributed by atoms with van der Waals surface area (Å²) in [5.74, 6) is 0.976. The quantitative estimate of drug-likeness (QED) is 0.855. The van der Waals surface area contributed by atoms with Crippen LogP contribution in [0, 0.1) is 5.92 Å². The highest BCUT2D eigenvalue weighted by molar-refractivity contribution is 6.09. The number of fused-ring (bicyclic) bond motifs is 1. The molecular formula is C17H21NO3. The molecule has 0 bridgehead atoms. The topological polar surface area (TPSA) is 51.3 Å². The second kappa shape index (κ2) is 6.31. The van der Waals surface area contributed by atoms with Crippen LogP contribution in [0.5, 0.6) is 5.75 Å². The molecule has 1 aromatic carbocycles. The molecule has 1 aliphatic heterocycles. The van der Waals surface area contributed by atoms with Gasteiger partial charge in [-0.3, -0.25) is 4.79 Å². The molecule has 0 saturated carbocycles. The highest BCUT2D eigenvalue weighted by atomic mass is 16.5.